The van der Waals surface area contributed by atoms with Crippen molar-refractivity contribution < 1.29 is 29.2 Å². The summed E-state index contributed by atoms with van der Waals surface area (Å²) in [5.41, 5.74) is 2.34. The second kappa shape index (κ2) is 8.19. The Bertz CT molecular complexity index is 1720. The molecule has 0 saturated heterocycles. The third-order valence-corrected chi connectivity index (χ3v) is 6.22. The van der Waals surface area contributed by atoms with E-state index in [2.05, 4.69) is 15.0 Å². The van der Waals surface area contributed by atoms with E-state index in [1.54, 1.807) is 30.3 Å². The Morgan fingerprint density at radius 3 is 2.17 bits per heavy atom. The van der Waals surface area contributed by atoms with Crippen molar-refractivity contribution in [2.24, 2.45) is 0 Å². The fourth-order valence-corrected chi connectivity index (χ4v) is 4.51. The van der Waals surface area contributed by atoms with Crippen LogP contribution in [0.4, 0.5) is 0 Å². The molecule has 6 rings (SSSR count). The number of thiazole rings is 1. The topological polar surface area (TPSA) is 127 Å². The Kier molecular flexibility index (Phi) is 4.86. The quantitative estimate of drug-likeness (QED) is 0.216. The smallest absolute Gasteiger partial charge is 0.402 e. The van der Waals surface area contributed by atoms with Crippen LogP contribution in [0.1, 0.15) is 21.0 Å². The van der Waals surface area contributed by atoms with E-state index in [9.17, 15) is 14.7 Å². The Labute approximate surface area is 200 Å². The molecule has 0 unspecified atom stereocenters. The number of hydrogen-bond acceptors (Lipinski definition) is 8. The van der Waals surface area contributed by atoms with E-state index in [4.69, 9.17) is 14.5 Å². The molecule has 0 fully saturated rings. The van der Waals surface area contributed by atoms with E-state index >= 15 is 0 Å². The molecule has 35 heavy (non-hydrogen) atoms. The molecule has 0 bridgehead atoms. The van der Waals surface area contributed by atoms with Crippen LogP contribution in [-0.2, 0) is 9.78 Å². The zero-order valence-electron chi connectivity index (χ0n) is 17.8. The summed E-state index contributed by atoms with van der Waals surface area (Å²) in [4.78, 5) is 44.3. The monoisotopic (exact) mass is 485 g/mol. The maximum absolute atomic E-state index is 12.4. The molecule has 3 aromatic heterocycles. The van der Waals surface area contributed by atoms with Gasteiger partial charge in [0.1, 0.15) is 22.9 Å². The minimum atomic E-state index is -0.878. The first-order chi connectivity index (χ1) is 17.0. The molecule has 0 aliphatic carbocycles. The predicted octanol–water partition coefficient (Wildman–Crippen LogP) is 5.69. The first-order valence-electron chi connectivity index (χ1n) is 10.4. The molecule has 0 amide bonds. The molecule has 9 nitrogen and oxygen atoms in total. The fraction of sp³-hybridized carbons (Fsp3) is 0. The highest BCUT2D eigenvalue weighted by molar-refractivity contribution is 7.20. The maximum atomic E-state index is 12.4. The van der Waals surface area contributed by atoms with Crippen molar-refractivity contribution in [2.75, 3.05) is 0 Å². The number of aromatic hydroxyl groups is 1. The second-order valence-electron chi connectivity index (χ2n) is 7.68. The number of ether oxygens (including phenoxy) is 1. The average Bonchev–Trinajstić information content (AvgIpc) is 3.57. The number of para-hydroxylation sites is 1. The first kappa shape index (κ1) is 20.8. The van der Waals surface area contributed by atoms with Gasteiger partial charge in [0.2, 0.25) is 0 Å². The molecule has 3 N–H and O–H groups in total. The Morgan fingerprint density at radius 1 is 0.800 bits per heavy atom. The van der Waals surface area contributed by atoms with Crippen LogP contribution >= 0.6 is 11.3 Å². The zero-order valence-corrected chi connectivity index (χ0v) is 18.6. The normalized spacial score (nSPS) is 11.2. The van der Waals surface area contributed by atoms with Gasteiger partial charge in [0, 0.05) is 21.8 Å². The van der Waals surface area contributed by atoms with E-state index in [1.165, 1.54) is 29.5 Å². The Balaban J connectivity index is 1.15. The van der Waals surface area contributed by atoms with Crippen LogP contribution in [0.5, 0.6) is 16.7 Å². The summed E-state index contributed by atoms with van der Waals surface area (Å²) in [5, 5.41) is 11.4. The van der Waals surface area contributed by atoms with E-state index in [0.717, 1.165) is 10.2 Å². The highest BCUT2D eigenvalue weighted by Gasteiger charge is 2.18. The third-order valence-electron chi connectivity index (χ3n) is 5.31. The summed E-state index contributed by atoms with van der Waals surface area (Å²) in [6.45, 7) is 0. The molecular weight excluding hydrogens is 470 g/mol. The molecule has 0 atom stereocenters. The van der Waals surface area contributed by atoms with E-state index < -0.39 is 11.9 Å². The number of hydrogen-bond donors (Lipinski definition) is 3. The second-order valence-corrected chi connectivity index (χ2v) is 8.67. The summed E-state index contributed by atoms with van der Waals surface area (Å²) in [7, 11) is 0. The predicted molar refractivity (Wildman–Crippen MR) is 129 cm³/mol. The number of nitrogens with one attached hydrogen (secondary N) is 2. The van der Waals surface area contributed by atoms with Crippen LogP contribution in [0.25, 0.3) is 32.0 Å². The van der Waals surface area contributed by atoms with Gasteiger partial charge in [-0.25, -0.2) is 24.3 Å². The standard InChI is InChI=1S/C25H15N3O6S/c29-15-5-7-17-13(9-15)11-20(26-17)23(30)33-34-24(31)21-12-14-10-16(6-8-18(14)27-21)32-25-28-19-3-1-2-4-22(19)35-25/h1-12,26-27,29H. The molecule has 0 saturated carbocycles. The number of H-pyrrole nitrogens is 2. The van der Waals surface area contributed by atoms with Crippen LogP contribution in [0.2, 0.25) is 0 Å². The van der Waals surface area contributed by atoms with Gasteiger partial charge in [0.05, 0.1) is 10.2 Å². The number of carbonyl (C=O) groups excluding carboxylic acids is 2. The van der Waals surface area contributed by atoms with Gasteiger partial charge < -0.3 is 19.8 Å². The molecule has 6 aromatic rings. The van der Waals surface area contributed by atoms with Gasteiger partial charge in [-0.1, -0.05) is 23.5 Å². The number of benzene rings is 3. The molecule has 3 aromatic carbocycles. The van der Waals surface area contributed by atoms with Gasteiger partial charge in [-0.3, -0.25) is 0 Å². The molecule has 0 aliphatic heterocycles. The average molecular weight is 485 g/mol. The van der Waals surface area contributed by atoms with Crippen LogP contribution in [0.15, 0.2) is 72.8 Å². The number of rotatable bonds is 4. The van der Waals surface area contributed by atoms with Crippen molar-refractivity contribution in [3.05, 3.63) is 84.2 Å². The number of aromatic amines is 2. The van der Waals surface area contributed by atoms with Crippen molar-refractivity contribution >= 4 is 55.3 Å². The lowest BCUT2D eigenvalue weighted by Crippen LogP contribution is -2.12. The third kappa shape index (κ3) is 4.02. The molecule has 3 heterocycles. The number of nitrogens with zero attached hydrogens (tertiary/aromatic N) is 1. The summed E-state index contributed by atoms with van der Waals surface area (Å²) in [6.07, 6.45) is 0. The summed E-state index contributed by atoms with van der Waals surface area (Å²) >= 11 is 1.44. The van der Waals surface area contributed by atoms with Crippen molar-refractivity contribution in [2.45, 2.75) is 0 Å². The number of carbonyl (C=O) groups is 2. The zero-order chi connectivity index (χ0) is 23.9. The minimum absolute atomic E-state index is 0.0651. The largest absolute Gasteiger partial charge is 0.508 e. The van der Waals surface area contributed by atoms with Crippen molar-refractivity contribution in [1.82, 2.24) is 15.0 Å². The summed E-state index contributed by atoms with van der Waals surface area (Å²) in [6, 6.07) is 20.7. The minimum Gasteiger partial charge on any atom is -0.508 e. The fourth-order valence-electron chi connectivity index (χ4n) is 3.68. The van der Waals surface area contributed by atoms with Gasteiger partial charge in [0.15, 0.2) is 0 Å². The van der Waals surface area contributed by atoms with E-state index in [1.807, 2.05) is 24.3 Å². The SMILES string of the molecule is O=C(OOC(=O)c1cc2cc(Oc3nc4ccccc4s3)ccc2[nH]1)c1cc2cc(O)ccc2[nH]1. The van der Waals surface area contributed by atoms with E-state index in [0.29, 0.717) is 32.7 Å². The highest BCUT2D eigenvalue weighted by atomic mass is 32.1. The van der Waals surface area contributed by atoms with E-state index in [-0.39, 0.29) is 17.1 Å². The first-order valence-corrected chi connectivity index (χ1v) is 11.2. The van der Waals surface area contributed by atoms with Crippen LogP contribution in [0, 0.1) is 0 Å². The lowest BCUT2D eigenvalue weighted by atomic mass is 10.2. The highest BCUT2D eigenvalue weighted by Crippen LogP contribution is 2.32. The molecule has 0 aliphatic rings. The Hall–Kier alpha value is -4.83. The van der Waals surface area contributed by atoms with Crippen molar-refractivity contribution in [1.29, 1.82) is 0 Å². The molecule has 0 spiro atoms. The van der Waals surface area contributed by atoms with Gasteiger partial charge in [0.25, 0.3) is 5.19 Å². The maximum Gasteiger partial charge on any atom is 0.402 e. The molecule has 10 heteroatoms. The van der Waals surface area contributed by atoms with Crippen molar-refractivity contribution in [3.63, 3.8) is 0 Å². The number of phenolic OH excluding ortho intramolecular Hbond substituents is 1. The van der Waals surface area contributed by atoms with Gasteiger partial charge in [-0.15, -0.1) is 0 Å². The van der Waals surface area contributed by atoms with Crippen LogP contribution in [-0.4, -0.2) is 32.0 Å². The van der Waals surface area contributed by atoms with Gasteiger partial charge >= 0.3 is 11.9 Å². The molecular formula is C25H15N3O6S. The number of fused-ring (bicyclic) bond motifs is 3. The Morgan fingerprint density at radius 2 is 1.46 bits per heavy atom. The molecule has 0 radical (unpaired) electrons. The number of phenols is 1. The van der Waals surface area contributed by atoms with Gasteiger partial charge in [-0.05, 0) is 60.7 Å². The van der Waals surface area contributed by atoms with Gasteiger partial charge in [-0.2, -0.15) is 0 Å². The van der Waals surface area contributed by atoms with Crippen LogP contribution in [0.3, 0.4) is 0 Å². The summed E-state index contributed by atoms with van der Waals surface area (Å²) < 4.78 is 6.91. The molecule has 172 valence electrons. The summed E-state index contributed by atoms with van der Waals surface area (Å²) in [5.74, 6) is -1.12. The van der Waals surface area contributed by atoms with Crippen molar-refractivity contribution in [3.8, 4) is 16.7 Å². The lowest BCUT2D eigenvalue weighted by Gasteiger charge is -2.00. The number of aromatic nitrogens is 3. The van der Waals surface area contributed by atoms with Crippen LogP contribution < -0.4 is 4.74 Å². The lowest BCUT2D eigenvalue weighted by molar-refractivity contribution is -0.188.